The van der Waals surface area contributed by atoms with E-state index >= 15 is 0 Å². The minimum atomic E-state index is -3.51. The van der Waals surface area contributed by atoms with E-state index < -0.39 is 10.2 Å². The summed E-state index contributed by atoms with van der Waals surface area (Å²) >= 11 is 0. The van der Waals surface area contributed by atoms with Gasteiger partial charge in [-0.15, -0.1) is 0 Å². The zero-order valence-corrected chi connectivity index (χ0v) is 11.8. The van der Waals surface area contributed by atoms with Crippen molar-refractivity contribution in [2.24, 2.45) is 0 Å². The van der Waals surface area contributed by atoms with Gasteiger partial charge in [0.05, 0.1) is 13.2 Å². The monoisotopic (exact) mass is 280 g/mol. The minimum absolute atomic E-state index is 0.0194. The Labute approximate surface area is 109 Å². The highest BCUT2D eigenvalue weighted by atomic mass is 32.2. The third-order valence-electron chi connectivity index (χ3n) is 3.20. The van der Waals surface area contributed by atoms with Gasteiger partial charge in [0.15, 0.2) is 0 Å². The van der Waals surface area contributed by atoms with Gasteiger partial charge in [-0.2, -0.15) is 17.4 Å². The molecule has 1 saturated carbocycles. The molecule has 0 aliphatic heterocycles. The van der Waals surface area contributed by atoms with Crippen molar-refractivity contribution in [1.29, 1.82) is 0 Å². The van der Waals surface area contributed by atoms with Crippen LogP contribution in [-0.2, 0) is 14.9 Å². The molecule has 0 spiro atoms. The number of hydrogen-bond acceptors (Lipinski definition) is 4. The summed E-state index contributed by atoms with van der Waals surface area (Å²) in [4.78, 5) is 0. The average Bonchev–Trinajstić information content (AvgIpc) is 2.37. The maximum Gasteiger partial charge on any atom is 0.279 e. The van der Waals surface area contributed by atoms with Gasteiger partial charge < -0.3 is 9.84 Å². The fourth-order valence-electron chi connectivity index (χ4n) is 2.32. The van der Waals surface area contributed by atoms with Crippen molar-refractivity contribution < 1.29 is 18.3 Å². The lowest BCUT2D eigenvalue weighted by molar-refractivity contribution is 0.191. The molecule has 7 heteroatoms. The van der Waals surface area contributed by atoms with Crippen LogP contribution in [0.3, 0.4) is 0 Å². The molecular weight excluding hydrogens is 256 g/mol. The molecule has 1 aliphatic carbocycles. The number of aliphatic hydroxyl groups excluding tert-OH is 1. The molecule has 6 nitrogen and oxygen atoms in total. The van der Waals surface area contributed by atoms with Crippen LogP contribution in [0.15, 0.2) is 0 Å². The summed E-state index contributed by atoms with van der Waals surface area (Å²) in [7, 11) is -1.98. The molecule has 0 bridgehead atoms. The van der Waals surface area contributed by atoms with Gasteiger partial charge in [0.2, 0.25) is 0 Å². The Kier molecular flexibility index (Phi) is 7.10. The van der Waals surface area contributed by atoms with Gasteiger partial charge in [-0.05, 0) is 12.8 Å². The van der Waals surface area contributed by atoms with Crippen LogP contribution in [-0.4, -0.2) is 57.3 Å². The van der Waals surface area contributed by atoms with Gasteiger partial charge in [-0.1, -0.05) is 19.3 Å². The van der Waals surface area contributed by atoms with E-state index in [2.05, 4.69) is 4.72 Å². The van der Waals surface area contributed by atoms with Gasteiger partial charge in [-0.3, -0.25) is 0 Å². The molecular formula is C11H24N2O4S. The predicted molar refractivity (Wildman–Crippen MR) is 69.5 cm³/mol. The van der Waals surface area contributed by atoms with Crippen molar-refractivity contribution in [3.05, 3.63) is 0 Å². The first-order valence-electron chi connectivity index (χ1n) is 6.48. The highest BCUT2D eigenvalue weighted by Gasteiger charge is 2.30. The van der Waals surface area contributed by atoms with Crippen LogP contribution in [0.25, 0.3) is 0 Å². The summed E-state index contributed by atoms with van der Waals surface area (Å²) in [5.41, 5.74) is 0. The van der Waals surface area contributed by atoms with Crippen molar-refractivity contribution in [2.75, 3.05) is 33.4 Å². The van der Waals surface area contributed by atoms with Gasteiger partial charge >= 0.3 is 0 Å². The quantitative estimate of drug-likeness (QED) is 0.618. The van der Waals surface area contributed by atoms with Crippen LogP contribution in [0.1, 0.15) is 32.1 Å². The lowest BCUT2D eigenvalue weighted by Gasteiger charge is -2.32. The first-order valence-corrected chi connectivity index (χ1v) is 7.92. The molecule has 108 valence electrons. The zero-order valence-electron chi connectivity index (χ0n) is 11.0. The molecule has 1 rings (SSSR count). The Balaban J connectivity index is 2.63. The standard InChI is InChI=1S/C11H24N2O4S/c1-17-10-7-12-18(15,16)13(8-9-14)11-5-3-2-4-6-11/h11-12,14H,2-10H2,1H3. The largest absolute Gasteiger partial charge is 0.395 e. The van der Waals surface area contributed by atoms with Crippen LogP contribution < -0.4 is 4.72 Å². The number of ether oxygens (including phenoxy) is 1. The molecule has 0 aromatic heterocycles. The minimum Gasteiger partial charge on any atom is -0.395 e. The zero-order chi connectivity index (χ0) is 13.4. The first kappa shape index (κ1) is 15.8. The maximum atomic E-state index is 12.1. The van der Waals surface area contributed by atoms with Crippen molar-refractivity contribution in [3.8, 4) is 0 Å². The summed E-state index contributed by atoms with van der Waals surface area (Å²) in [6, 6.07) is 0.0194. The first-order chi connectivity index (χ1) is 8.61. The van der Waals surface area contributed by atoms with Crippen LogP contribution in [0.2, 0.25) is 0 Å². The SMILES string of the molecule is COCCNS(=O)(=O)N(CCO)C1CCCCC1. The molecule has 0 heterocycles. The summed E-state index contributed by atoms with van der Waals surface area (Å²) in [6.45, 7) is 0.610. The molecule has 18 heavy (non-hydrogen) atoms. The molecule has 1 fully saturated rings. The topological polar surface area (TPSA) is 78.9 Å². The number of nitrogens with one attached hydrogen (secondary N) is 1. The Morgan fingerprint density at radius 1 is 1.33 bits per heavy atom. The molecule has 0 aromatic carbocycles. The summed E-state index contributed by atoms with van der Waals surface area (Å²) in [5, 5.41) is 9.04. The highest BCUT2D eigenvalue weighted by Crippen LogP contribution is 2.23. The van der Waals surface area contributed by atoms with Gasteiger partial charge in [0.1, 0.15) is 0 Å². The average molecular weight is 280 g/mol. The van der Waals surface area contributed by atoms with Gasteiger partial charge in [-0.25, -0.2) is 0 Å². The Bertz CT molecular complexity index is 315. The van der Waals surface area contributed by atoms with E-state index in [0.29, 0.717) is 6.61 Å². The van der Waals surface area contributed by atoms with Crippen molar-refractivity contribution >= 4 is 10.2 Å². The van der Waals surface area contributed by atoms with E-state index in [9.17, 15) is 8.42 Å². The van der Waals surface area contributed by atoms with E-state index in [1.807, 2.05) is 0 Å². The molecule has 0 atom stereocenters. The van der Waals surface area contributed by atoms with Crippen molar-refractivity contribution in [3.63, 3.8) is 0 Å². The Morgan fingerprint density at radius 2 is 2.00 bits per heavy atom. The second-order valence-corrected chi connectivity index (χ2v) is 6.23. The number of aliphatic hydroxyl groups is 1. The predicted octanol–water partition coefficient (Wildman–Crippen LogP) is 0.0942. The summed E-state index contributed by atoms with van der Waals surface area (Å²) in [5.74, 6) is 0. The normalized spacial score (nSPS) is 18.4. The number of hydrogen-bond donors (Lipinski definition) is 2. The fraction of sp³-hybridized carbons (Fsp3) is 1.00. The molecule has 0 radical (unpaired) electrons. The second-order valence-electron chi connectivity index (χ2n) is 4.52. The molecule has 0 saturated heterocycles. The lowest BCUT2D eigenvalue weighted by atomic mass is 9.95. The number of rotatable bonds is 8. The summed E-state index contributed by atoms with van der Waals surface area (Å²) in [6.07, 6.45) is 5.04. The smallest absolute Gasteiger partial charge is 0.279 e. The van der Waals surface area contributed by atoms with Crippen LogP contribution in [0.5, 0.6) is 0 Å². The molecule has 0 amide bonds. The van der Waals surface area contributed by atoms with E-state index in [4.69, 9.17) is 9.84 Å². The van der Waals surface area contributed by atoms with E-state index in [0.717, 1.165) is 25.7 Å². The lowest BCUT2D eigenvalue weighted by Crippen LogP contribution is -2.49. The van der Waals surface area contributed by atoms with Gasteiger partial charge in [0, 0.05) is 26.2 Å². The molecule has 0 unspecified atom stereocenters. The van der Waals surface area contributed by atoms with Crippen molar-refractivity contribution in [2.45, 2.75) is 38.1 Å². The summed E-state index contributed by atoms with van der Waals surface area (Å²) < 4.78 is 33.0. The highest BCUT2D eigenvalue weighted by molar-refractivity contribution is 7.87. The molecule has 1 aliphatic rings. The second kappa shape index (κ2) is 8.06. The maximum absolute atomic E-state index is 12.1. The third kappa shape index (κ3) is 4.81. The Morgan fingerprint density at radius 3 is 2.56 bits per heavy atom. The number of methoxy groups -OCH3 is 1. The van der Waals surface area contributed by atoms with Crippen LogP contribution >= 0.6 is 0 Å². The van der Waals surface area contributed by atoms with E-state index in [1.165, 1.54) is 17.8 Å². The Hall–Kier alpha value is -0.210. The van der Waals surface area contributed by atoms with Gasteiger partial charge in [0.25, 0.3) is 10.2 Å². The van der Waals surface area contributed by atoms with Crippen LogP contribution in [0.4, 0.5) is 0 Å². The molecule has 2 N–H and O–H groups in total. The third-order valence-corrected chi connectivity index (χ3v) is 4.87. The number of nitrogens with zero attached hydrogens (tertiary/aromatic N) is 1. The van der Waals surface area contributed by atoms with E-state index in [1.54, 1.807) is 0 Å². The van der Waals surface area contributed by atoms with E-state index in [-0.39, 0.29) is 25.7 Å². The molecule has 0 aromatic rings. The fourth-order valence-corrected chi connectivity index (χ4v) is 3.75. The van der Waals surface area contributed by atoms with Crippen molar-refractivity contribution in [1.82, 2.24) is 9.03 Å². The van der Waals surface area contributed by atoms with Crippen LogP contribution in [0, 0.1) is 0 Å².